The van der Waals surface area contributed by atoms with Gasteiger partial charge in [-0.2, -0.15) is 5.10 Å². The van der Waals surface area contributed by atoms with E-state index in [2.05, 4.69) is 33.0 Å². The quantitative estimate of drug-likeness (QED) is 0.328. The minimum absolute atomic E-state index is 0.0538. The van der Waals surface area contributed by atoms with Crippen molar-refractivity contribution in [1.29, 1.82) is 0 Å². The number of rotatable bonds is 4. The summed E-state index contributed by atoms with van der Waals surface area (Å²) in [5.41, 5.74) is 6.21. The van der Waals surface area contributed by atoms with Crippen molar-refractivity contribution in [2.24, 2.45) is 0 Å². The third-order valence-corrected chi connectivity index (χ3v) is 9.00. The summed E-state index contributed by atoms with van der Waals surface area (Å²) < 4.78 is 0. The highest BCUT2D eigenvalue weighted by molar-refractivity contribution is 5.92. The van der Waals surface area contributed by atoms with Gasteiger partial charge >= 0.3 is 12.1 Å². The van der Waals surface area contributed by atoms with E-state index in [0.717, 1.165) is 33.3 Å². The molecule has 1 aromatic heterocycles. The maximum Gasteiger partial charge on any atom is 0.322 e. The van der Waals surface area contributed by atoms with Gasteiger partial charge in [-0.05, 0) is 66.1 Å². The second-order valence-electron chi connectivity index (χ2n) is 11.7. The number of piperidine rings is 1. The largest absolute Gasteiger partial charge is 0.332 e. The number of aryl methyl sites for hydroxylation is 1. The number of aromatic nitrogens is 2. The van der Waals surface area contributed by atoms with E-state index in [9.17, 15) is 14.4 Å². The molecule has 10 heteroatoms. The fraction of sp³-hybridized carbons (Fsp3) is 0.333. The molecule has 4 heterocycles. The Morgan fingerprint density at radius 2 is 1.70 bits per heavy atom. The van der Waals surface area contributed by atoms with Gasteiger partial charge in [0.2, 0.25) is 5.91 Å². The van der Waals surface area contributed by atoms with E-state index in [1.165, 1.54) is 5.56 Å². The number of nitrogens with zero attached hydrogens (tertiary/aromatic N) is 4. The summed E-state index contributed by atoms with van der Waals surface area (Å²) >= 11 is 0. The van der Waals surface area contributed by atoms with E-state index in [1.54, 1.807) is 4.90 Å². The van der Waals surface area contributed by atoms with Gasteiger partial charge in [0.15, 0.2) is 0 Å². The van der Waals surface area contributed by atoms with Crippen LogP contribution in [0.15, 0.2) is 72.9 Å². The van der Waals surface area contributed by atoms with Crippen LogP contribution in [0.4, 0.5) is 15.3 Å². The highest BCUT2D eigenvalue weighted by Crippen LogP contribution is 2.28. The van der Waals surface area contributed by atoms with E-state index >= 15 is 0 Å². The molecular weight excluding hydrogens is 542 g/mol. The Hall–Kier alpha value is -4.86. The monoisotopic (exact) mass is 577 g/mol. The summed E-state index contributed by atoms with van der Waals surface area (Å²) in [4.78, 5) is 45.8. The molecule has 7 rings (SSSR count). The highest BCUT2D eigenvalue weighted by atomic mass is 16.2. The van der Waals surface area contributed by atoms with Gasteiger partial charge in [-0.25, -0.2) is 9.59 Å². The average Bonchev–Trinajstić information content (AvgIpc) is 3.49. The zero-order chi connectivity index (χ0) is 29.3. The van der Waals surface area contributed by atoms with Crippen LogP contribution in [0, 0.1) is 0 Å². The van der Waals surface area contributed by atoms with Gasteiger partial charge in [-0.1, -0.05) is 48.5 Å². The lowest BCUT2D eigenvalue weighted by molar-refractivity contribution is -0.135. The number of para-hydroxylation sites is 1. The number of carbonyl (C=O) groups excluding carboxylic acids is 3. The number of likely N-dealkylation sites (tertiary alicyclic amines) is 1. The van der Waals surface area contributed by atoms with Crippen molar-refractivity contribution in [3.63, 3.8) is 0 Å². The summed E-state index contributed by atoms with van der Waals surface area (Å²) in [6, 6.07) is 21.1. The maximum atomic E-state index is 14.0. The maximum absolute atomic E-state index is 14.0. The molecule has 43 heavy (non-hydrogen) atoms. The second kappa shape index (κ2) is 11.4. The summed E-state index contributed by atoms with van der Waals surface area (Å²) in [6.45, 7) is 2.53. The van der Waals surface area contributed by atoms with Crippen LogP contribution in [0.3, 0.4) is 0 Å². The van der Waals surface area contributed by atoms with Crippen molar-refractivity contribution in [1.82, 2.24) is 30.2 Å². The number of carbonyl (C=O) groups is 3. The number of benzene rings is 3. The SMILES string of the molecule is O=C(N[C@@H]1CCc2cc3cn[nH]c3cc2CN(Cc2ccccc2)C1=O)N1CCC(N2Cc3ccccc3NC2=O)CC1. The molecule has 0 unspecified atom stereocenters. The topological polar surface area (TPSA) is 114 Å². The summed E-state index contributed by atoms with van der Waals surface area (Å²) in [5, 5.41) is 14.3. The van der Waals surface area contributed by atoms with Crippen LogP contribution in [-0.4, -0.2) is 68.0 Å². The number of fused-ring (bicyclic) bond motifs is 3. The number of anilines is 1. The van der Waals surface area contributed by atoms with E-state index in [0.29, 0.717) is 58.4 Å². The molecule has 5 amide bonds. The molecule has 4 aromatic rings. The van der Waals surface area contributed by atoms with Crippen molar-refractivity contribution < 1.29 is 14.4 Å². The molecule has 1 saturated heterocycles. The molecule has 10 nitrogen and oxygen atoms in total. The first kappa shape index (κ1) is 27.0. The number of aromatic amines is 1. The Bertz CT molecular complexity index is 1660. The molecule has 3 aliphatic rings. The van der Waals surface area contributed by atoms with Gasteiger partial charge in [-0.15, -0.1) is 0 Å². The third kappa shape index (κ3) is 5.52. The van der Waals surface area contributed by atoms with Gasteiger partial charge < -0.3 is 25.3 Å². The number of amides is 5. The first-order valence-electron chi connectivity index (χ1n) is 15.0. The number of urea groups is 2. The van der Waals surface area contributed by atoms with E-state index in [4.69, 9.17) is 0 Å². The lowest BCUT2D eigenvalue weighted by Crippen LogP contribution is -2.56. The molecule has 0 radical (unpaired) electrons. The van der Waals surface area contributed by atoms with Crippen LogP contribution < -0.4 is 10.6 Å². The normalized spacial score (nSPS) is 19.3. The Balaban J connectivity index is 1.04. The Morgan fingerprint density at radius 3 is 2.53 bits per heavy atom. The predicted molar refractivity (Wildman–Crippen MR) is 163 cm³/mol. The molecule has 3 aromatic carbocycles. The molecule has 1 atom stereocenters. The molecule has 3 aliphatic heterocycles. The Labute approximate surface area is 250 Å². The van der Waals surface area contributed by atoms with Crippen molar-refractivity contribution in [3.8, 4) is 0 Å². The van der Waals surface area contributed by atoms with Gasteiger partial charge in [0.25, 0.3) is 0 Å². The van der Waals surface area contributed by atoms with Crippen LogP contribution in [0.2, 0.25) is 0 Å². The zero-order valence-corrected chi connectivity index (χ0v) is 24.0. The zero-order valence-electron chi connectivity index (χ0n) is 24.0. The Kier molecular flexibility index (Phi) is 7.18. The molecule has 0 bridgehead atoms. The van der Waals surface area contributed by atoms with Crippen LogP contribution in [0.25, 0.3) is 10.9 Å². The summed E-state index contributed by atoms with van der Waals surface area (Å²) in [5.74, 6) is -0.0777. The lowest BCUT2D eigenvalue weighted by Gasteiger charge is -2.41. The minimum atomic E-state index is -0.633. The number of hydrogen-bond acceptors (Lipinski definition) is 4. The highest BCUT2D eigenvalue weighted by Gasteiger charge is 2.35. The smallest absolute Gasteiger partial charge is 0.322 e. The molecular formula is C33H35N7O3. The number of nitrogens with one attached hydrogen (secondary N) is 3. The molecule has 1 fully saturated rings. The van der Waals surface area contributed by atoms with Crippen LogP contribution >= 0.6 is 0 Å². The van der Waals surface area contributed by atoms with Crippen LogP contribution in [0.1, 0.15) is 41.5 Å². The van der Waals surface area contributed by atoms with Gasteiger partial charge in [-0.3, -0.25) is 9.89 Å². The van der Waals surface area contributed by atoms with Gasteiger partial charge in [0.05, 0.1) is 11.7 Å². The van der Waals surface area contributed by atoms with Crippen molar-refractivity contribution >= 4 is 34.6 Å². The molecule has 0 spiro atoms. The standard InChI is InChI=1S/C33H35N7O3/c41-31-29(36-32(42)38-14-12-27(13-15-38)40-21-24-8-4-5-9-28(24)35-33(40)43)11-10-23-16-25-18-34-37-30(25)17-26(23)20-39(31)19-22-6-2-1-3-7-22/h1-9,16-18,27,29H,10-15,19-21H2,(H,34,37)(H,35,43)(H,36,42)/t29-/m1/s1. The summed E-state index contributed by atoms with van der Waals surface area (Å²) in [7, 11) is 0. The molecule has 0 aliphatic carbocycles. The van der Waals surface area contributed by atoms with Crippen molar-refractivity contribution in [2.75, 3.05) is 18.4 Å². The fourth-order valence-electron chi connectivity index (χ4n) is 6.60. The third-order valence-electron chi connectivity index (χ3n) is 9.00. The van der Waals surface area contributed by atoms with Crippen LogP contribution in [-0.2, 0) is 30.8 Å². The Morgan fingerprint density at radius 1 is 0.907 bits per heavy atom. The molecule has 0 saturated carbocycles. The van der Waals surface area contributed by atoms with Crippen LogP contribution in [0.5, 0.6) is 0 Å². The first-order chi connectivity index (χ1) is 21.0. The minimum Gasteiger partial charge on any atom is -0.332 e. The predicted octanol–water partition coefficient (Wildman–Crippen LogP) is 4.63. The van der Waals surface area contributed by atoms with Crippen molar-refractivity contribution in [3.05, 3.63) is 95.2 Å². The van der Waals surface area contributed by atoms with Gasteiger partial charge in [0.1, 0.15) is 6.04 Å². The lowest BCUT2D eigenvalue weighted by atomic mass is 9.94. The van der Waals surface area contributed by atoms with Gasteiger partial charge in [0, 0.05) is 49.8 Å². The van der Waals surface area contributed by atoms with E-state index < -0.39 is 6.04 Å². The number of H-pyrrole nitrogens is 1. The van der Waals surface area contributed by atoms with Crippen molar-refractivity contribution in [2.45, 2.75) is 57.4 Å². The molecule has 3 N–H and O–H groups in total. The number of hydrogen-bond donors (Lipinski definition) is 3. The fourth-order valence-corrected chi connectivity index (χ4v) is 6.60. The second-order valence-corrected chi connectivity index (χ2v) is 11.7. The molecule has 220 valence electrons. The van der Waals surface area contributed by atoms with E-state index in [1.807, 2.05) is 70.6 Å². The average molecular weight is 578 g/mol. The summed E-state index contributed by atoms with van der Waals surface area (Å²) in [6.07, 6.45) is 4.39. The van der Waals surface area contributed by atoms with E-state index in [-0.39, 0.29) is 24.0 Å². The first-order valence-corrected chi connectivity index (χ1v) is 15.0.